The van der Waals surface area contributed by atoms with Crippen molar-refractivity contribution in [1.82, 2.24) is 0 Å². The molecule has 0 unspecified atom stereocenters. The zero-order valence-corrected chi connectivity index (χ0v) is 14.5. The Labute approximate surface area is 139 Å². The molecule has 2 aromatic carbocycles. The van der Waals surface area contributed by atoms with Gasteiger partial charge in [-0.15, -0.1) is 0 Å². The highest BCUT2D eigenvalue weighted by molar-refractivity contribution is 7.88. The van der Waals surface area contributed by atoms with Gasteiger partial charge in [0.25, 0.3) is 0 Å². The lowest BCUT2D eigenvalue weighted by molar-refractivity contribution is -0.0500. The number of halogens is 3. The van der Waals surface area contributed by atoms with E-state index in [1.165, 1.54) is 24.3 Å². The molecule has 0 radical (unpaired) electrons. The summed E-state index contributed by atoms with van der Waals surface area (Å²) in [6, 6.07) is 10.0. The van der Waals surface area contributed by atoms with E-state index in [0.29, 0.717) is 16.3 Å². The minimum Gasteiger partial charge on any atom is -0.376 e. The summed E-state index contributed by atoms with van der Waals surface area (Å²) >= 11 is 0. The van der Waals surface area contributed by atoms with Crippen LogP contribution in [0, 0.1) is 11.3 Å². The fourth-order valence-corrected chi connectivity index (χ4v) is 1.97. The van der Waals surface area contributed by atoms with E-state index >= 15 is 0 Å². The predicted octanol–water partition coefficient (Wildman–Crippen LogP) is 4.99. The Morgan fingerprint density at radius 2 is 1.46 bits per heavy atom. The van der Waals surface area contributed by atoms with Gasteiger partial charge in [-0.05, 0) is 35.0 Å². The largest absolute Gasteiger partial charge is 0.534 e. The number of fused-ring (bicyclic) bond motifs is 1. The van der Waals surface area contributed by atoms with Crippen LogP contribution in [0.4, 0.5) is 13.2 Å². The van der Waals surface area contributed by atoms with Crippen LogP contribution in [0.2, 0.25) is 0 Å². The molecule has 0 atom stereocenters. The molecule has 0 aliphatic rings. The van der Waals surface area contributed by atoms with E-state index in [-0.39, 0.29) is 0 Å². The molecule has 8 heteroatoms. The Bertz CT molecular complexity index is 809. The van der Waals surface area contributed by atoms with Crippen LogP contribution in [0.3, 0.4) is 0 Å². The highest BCUT2D eigenvalue weighted by Crippen LogP contribution is 2.29. The lowest BCUT2D eigenvalue weighted by atomic mass is 10.1. The molecule has 0 bridgehead atoms. The van der Waals surface area contributed by atoms with Crippen LogP contribution >= 0.6 is 0 Å². The molecule has 4 nitrogen and oxygen atoms in total. The number of alkyl halides is 3. The standard InChI is InChI=1S/C12H6F3NO3S.2C2H6/c13-12(14,15)20(17,18)19-11-4-3-9-5-8(7-16)1-2-10(9)6-11;2*1-2/h1-6H;2*1-2H3. The summed E-state index contributed by atoms with van der Waals surface area (Å²) in [5.74, 6) is -0.445. The Morgan fingerprint density at radius 3 is 1.96 bits per heavy atom. The minimum atomic E-state index is -5.68. The molecule has 0 aliphatic heterocycles. The molecular weight excluding hydrogens is 343 g/mol. The van der Waals surface area contributed by atoms with Crippen LogP contribution in [0.1, 0.15) is 33.3 Å². The number of hydrogen-bond donors (Lipinski definition) is 0. The zero-order chi connectivity index (χ0) is 19.0. The zero-order valence-electron chi connectivity index (χ0n) is 13.7. The third kappa shape index (κ3) is 5.42. The second kappa shape index (κ2) is 9.13. The van der Waals surface area contributed by atoms with Crippen LogP contribution in [-0.4, -0.2) is 13.9 Å². The van der Waals surface area contributed by atoms with Crippen LogP contribution in [0.5, 0.6) is 5.75 Å². The van der Waals surface area contributed by atoms with Gasteiger partial charge in [0.2, 0.25) is 0 Å². The van der Waals surface area contributed by atoms with Crippen molar-refractivity contribution in [3.63, 3.8) is 0 Å². The summed E-state index contributed by atoms with van der Waals surface area (Å²) < 4.78 is 62.3. The third-order valence-corrected chi connectivity index (χ3v) is 3.41. The molecule has 0 aliphatic carbocycles. The van der Waals surface area contributed by atoms with Gasteiger partial charge in [0.15, 0.2) is 0 Å². The summed E-state index contributed by atoms with van der Waals surface area (Å²) in [5.41, 5.74) is -5.10. The maximum Gasteiger partial charge on any atom is 0.534 e. The van der Waals surface area contributed by atoms with Crippen LogP contribution in [0.15, 0.2) is 36.4 Å². The number of rotatable bonds is 2. The Hall–Kier alpha value is -2.27. The van der Waals surface area contributed by atoms with Gasteiger partial charge in [-0.2, -0.15) is 26.9 Å². The van der Waals surface area contributed by atoms with Crippen molar-refractivity contribution in [3.8, 4) is 11.8 Å². The molecular formula is C16H18F3NO3S. The second-order valence-electron chi connectivity index (χ2n) is 3.82. The minimum absolute atomic E-state index is 0.383. The fraction of sp³-hybridized carbons (Fsp3) is 0.312. The molecule has 0 amide bonds. The van der Waals surface area contributed by atoms with Gasteiger partial charge in [0, 0.05) is 0 Å². The van der Waals surface area contributed by atoms with Crippen molar-refractivity contribution in [3.05, 3.63) is 42.0 Å². The predicted molar refractivity (Wildman–Crippen MR) is 87.0 cm³/mol. The molecule has 0 fully saturated rings. The molecule has 0 heterocycles. The number of benzene rings is 2. The van der Waals surface area contributed by atoms with Gasteiger partial charge in [0.1, 0.15) is 5.75 Å². The summed E-state index contributed by atoms with van der Waals surface area (Å²) in [7, 11) is -5.68. The van der Waals surface area contributed by atoms with Crippen LogP contribution < -0.4 is 4.18 Å². The third-order valence-electron chi connectivity index (χ3n) is 2.43. The van der Waals surface area contributed by atoms with Crippen molar-refractivity contribution in [2.24, 2.45) is 0 Å². The van der Waals surface area contributed by atoms with E-state index in [9.17, 15) is 21.6 Å². The molecule has 0 saturated heterocycles. The van der Waals surface area contributed by atoms with Crippen molar-refractivity contribution in [2.45, 2.75) is 33.2 Å². The van der Waals surface area contributed by atoms with Crippen LogP contribution in [-0.2, 0) is 10.1 Å². The number of nitriles is 1. The topological polar surface area (TPSA) is 67.2 Å². The van der Waals surface area contributed by atoms with Crippen molar-refractivity contribution in [1.29, 1.82) is 5.26 Å². The quantitative estimate of drug-likeness (QED) is 0.558. The SMILES string of the molecule is CC.CC.N#Cc1ccc2cc(OS(=O)(=O)C(F)(F)F)ccc2c1. The van der Waals surface area contributed by atoms with Gasteiger partial charge in [-0.3, -0.25) is 0 Å². The molecule has 24 heavy (non-hydrogen) atoms. The van der Waals surface area contributed by atoms with Gasteiger partial charge < -0.3 is 4.18 Å². The maximum absolute atomic E-state index is 12.2. The highest BCUT2D eigenvalue weighted by atomic mass is 32.2. The first-order valence-corrected chi connectivity index (χ1v) is 8.58. The number of hydrogen-bond acceptors (Lipinski definition) is 4. The summed E-state index contributed by atoms with van der Waals surface area (Å²) in [5, 5.41) is 9.76. The van der Waals surface area contributed by atoms with E-state index in [4.69, 9.17) is 5.26 Å². The second-order valence-corrected chi connectivity index (χ2v) is 5.36. The lowest BCUT2D eigenvalue weighted by Gasteiger charge is -2.09. The van der Waals surface area contributed by atoms with Crippen LogP contribution in [0.25, 0.3) is 10.8 Å². The van der Waals surface area contributed by atoms with Gasteiger partial charge in [-0.25, -0.2) is 0 Å². The molecule has 2 aromatic rings. The summed E-state index contributed by atoms with van der Waals surface area (Å²) in [6.45, 7) is 8.00. The first-order chi connectivity index (χ1) is 11.2. The highest BCUT2D eigenvalue weighted by Gasteiger charge is 2.48. The molecule has 0 saturated carbocycles. The van der Waals surface area contributed by atoms with E-state index < -0.39 is 21.4 Å². The summed E-state index contributed by atoms with van der Waals surface area (Å²) in [4.78, 5) is 0. The summed E-state index contributed by atoms with van der Waals surface area (Å²) in [6.07, 6.45) is 0. The Morgan fingerprint density at radius 1 is 0.958 bits per heavy atom. The van der Waals surface area contributed by atoms with Crippen molar-refractivity contribution < 1.29 is 25.8 Å². The van der Waals surface area contributed by atoms with Crippen molar-refractivity contribution >= 4 is 20.9 Å². The molecule has 132 valence electrons. The Kier molecular flexibility index (Phi) is 8.27. The van der Waals surface area contributed by atoms with Gasteiger partial charge in [-0.1, -0.05) is 39.8 Å². The average molecular weight is 361 g/mol. The van der Waals surface area contributed by atoms with E-state index in [2.05, 4.69) is 4.18 Å². The lowest BCUT2D eigenvalue weighted by Crippen LogP contribution is -2.28. The van der Waals surface area contributed by atoms with E-state index in [1.54, 1.807) is 0 Å². The van der Waals surface area contributed by atoms with Crippen molar-refractivity contribution in [2.75, 3.05) is 0 Å². The monoisotopic (exact) mass is 361 g/mol. The molecule has 0 N–H and O–H groups in total. The van der Waals surface area contributed by atoms with Gasteiger partial charge in [0.05, 0.1) is 11.6 Å². The van der Waals surface area contributed by atoms with Gasteiger partial charge >= 0.3 is 15.6 Å². The number of nitrogens with zero attached hydrogens (tertiary/aromatic N) is 1. The molecule has 2 rings (SSSR count). The van der Waals surface area contributed by atoms with E-state index in [0.717, 1.165) is 12.1 Å². The molecule has 0 spiro atoms. The van der Waals surface area contributed by atoms with E-state index in [1.807, 2.05) is 33.8 Å². The smallest absolute Gasteiger partial charge is 0.376 e. The first-order valence-electron chi connectivity index (χ1n) is 7.17. The fourth-order valence-electron chi connectivity index (χ4n) is 1.52. The normalized spacial score (nSPS) is 10.6. The maximum atomic E-state index is 12.2. The Balaban J connectivity index is 0.00000123. The molecule has 0 aromatic heterocycles. The average Bonchev–Trinajstić information content (AvgIpc) is 2.56. The first kappa shape index (κ1) is 21.7.